The van der Waals surface area contributed by atoms with Gasteiger partial charge in [0.2, 0.25) is 29.8 Å². The van der Waals surface area contributed by atoms with Gasteiger partial charge >= 0.3 is 11.9 Å². The van der Waals surface area contributed by atoms with Crippen LogP contribution in [-0.4, -0.2) is 251 Å². The maximum Gasteiger partial charge on any atom is 0.371 e. The van der Waals surface area contributed by atoms with Crippen molar-refractivity contribution in [3.8, 4) is 0 Å². The molecule has 4 heterocycles. The lowest BCUT2D eigenvalue weighted by atomic mass is 9.94. The number of nitrogens with one attached hydrogen (secondary N) is 3. The van der Waals surface area contributed by atoms with Crippen LogP contribution in [0.2, 0.25) is 0 Å². The Morgan fingerprint density at radius 1 is 0.662 bits per heavy atom. The van der Waals surface area contributed by atoms with Gasteiger partial charge in [0.05, 0.1) is 32.0 Å². The molecule has 29 nitrogen and oxygen atoms in total. The molecular weight excluding hydrogens is 890 g/mol. The monoisotopic (exact) mass is 947 g/mol. The highest BCUT2D eigenvalue weighted by Crippen LogP contribution is 2.35. The molecule has 65 heavy (non-hydrogen) atoms. The van der Waals surface area contributed by atoms with Crippen LogP contribution < -0.4 is 16.0 Å². The second kappa shape index (κ2) is 23.3. The number of hydrogen-bond acceptors (Lipinski definition) is 24. The average molecular weight is 948 g/mol. The van der Waals surface area contributed by atoms with Crippen molar-refractivity contribution in [3.63, 3.8) is 0 Å². The molecule has 0 radical (unpaired) electrons. The molecule has 0 aliphatic carbocycles. The van der Waals surface area contributed by atoms with Crippen LogP contribution >= 0.6 is 0 Å². The molecule has 29 heteroatoms. The molecule has 3 fully saturated rings. The van der Waals surface area contributed by atoms with Gasteiger partial charge in [0.15, 0.2) is 25.0 Å². The largest absolute Gasteiger partial charge is 0.479 e. The molecule has 4 aliphatic rings. The van der Waals surface area contributed by atoms with E-state index in [4.69, 9.17) is 37.9 Å². The number of amides is 3. The summed E-state index contributed by atoms with van der Waals surface area (Å²) in [5.74, 6) is -6.91. The molecule has 0 bridgehead atoms. The van der Waals surface area contributed by atoms with Crippen LogP contribution in [0.4, 0.5) is 0 Å². The number of ether oxygens (including phenoxy) is 8. The molecule has 16 N–H and O–H groups in total. The van der Waals surface area contributed by atoms with E-state index >= 15 is 0 Å². The van der Waals surface area contributed by atoms with Gasteiger partial charge in [-0.05, 0) is 13.0 Å². The first kappa shape index (κ1) is 53.8. The number of carboxylic acid groups (broad SMARTS) is 2. The fourth-order valence-electron chi connectivity index (χ4n) is 7.46. The predicted octanol–water partition coefficient (Wildman–Crippen LogP) is -9.49. The zero-order chi connectivity index (χ0) is 48.8. The third-order valence-corrected chi connectivity index (χ3v) is 10.6. The average Bonchev–Trinajstić information content (AvgIpc) is 3.23. The van der Waals surface area contributed by atoms with Crippen LogP contribution in [0, 0.1) is 0 Å². The van der Waals surface area contributed by atoms with Gasteiger partial charge in [0, 0.05) is 20.8 Å². The third kappa shape index (κ3) is 12.8. The van der Waals surface area contributed by atoms with Crippen molar-refractivity contribution in [2.45, 2.75) is 163 Å². The highest BCUT2D eigenvalue weighted by atomic mass is 16.8. The third-order valence-electron chi connectivity index (χ3n) is 10.6. The van der Waals surface area contributed by atoms with E-state index in [2.05, 4.69) is 16.0 Å². The number of carboxylic acids is 2. The summed E-state index contributed by atoms with van der Waals surface area (Å²) < 4.78 is 44.9. The quantitative estimate of drug-likeness (QED) is 0.0572. The Morgan fingerprint density at radius 3 is 1.75 bits per heavy atom. The molecule has 0 aromatic carbocycles. The van der Waals surface area contributed by atoms with E-state index in [0.29, 0.717) is 6.08 Å². The van der Waals surface area contributed by atoms with Crippen molar-refractivity contribution in [1.29, 1.82) is 0 Å². The number of hydrogen-bond donors (Lipinski definition) is 16. The number of carbonyl (C=O) groups excluding carboxylic acids is 3. The van der Waals surface area contributed by atoms with Crippen LogP contribution in [0.15, 0.2) is 11.8 Å². The molecule has 0 aromatic rings. The lowest BCUT2D eigenvalue weighted by Crippen LogP contribution is -2.70. The van der Waals surface area contributed by atoms with Gasteiger partial charge in [-0.15, -0.1) is 0 Å². The topological polar surface area (TPSA) is 458 Å². The number of aliphatic carboxylic acids is 2. The van der Waals surface area contributed by atoms with Gasteiger partial charge in [-0.1, -0.05) is 0 Å². The summed E-state index contributed by atoms with van der Waals surface area (Å²) in [4.78, 5) is 61.1. The molecule has 22 atom stereocenters. The van der Waals surface area contributed by atoms with Gasteiger partial charge < -0.3 is 120 Å². The normalized spacial score (nSPS) is 39.3. The molecule has 372 valence electrons. The van der Waals surface area contributed by atoms with E-state index in [0.717, 1.165) is 27.7 Å². The molecule has 4 aliphatic heterocycles. The smallest absolute Gasteiger partial charge is 0.371 e. The SMILES string of the molecule is CC(=O)N[C@H]1[C@@H](O[C@@H]2[C@H](O)[C@@H](O)[C@H](O[C@H]3[C@H](O)[C@@H](CO)O[C@H](O[C@@H](CO)[C@@H](NC(C)=O)[C@H](O)[C@@H](C)O)[C@@H]3NC(C)=O)O[C@@H]2C(=O)O)O[C@H](CO)[C@H](O[C@@H]2OC(C(=O)O)=C[C@H](O)[C@H]2O)[C@@H]1O. The highest BCUT2D eigenvalue weighted by Gasteiger charge is 2.57. The summed E-state index contributed by atoms with van der Waals surface area (Å²) in [6, 6.07) is -5.10. The van der Waals surface area contributed by atoms with Gasteiger partial charge in [-0.2, -0.15) is 0 Å². The van der Waals surface area contributed by atoms with Crippen molar-refractivity contribution in [2.75, 3.05) is 19.8 Å². The highest BCUT2D eigenvalue weighted by molar-refractivity contribution is 5.84. The zero-order valence-corrected chi connectivity index (χ0v) is 35.0. The molecule has 3 amide bonds. The standard InChI is InChI=1S/C36H57N3O26/c1-9(43)21(48)18(37-10(2)44)15(6-40)59-34-20(39-12(4)46)28(23(50)16(7-41)60-34)63-36-26(53)25(52)29(30(65-36)32(56)57)64-33-19(38-11(3)45)24(51)27(17(8-42)61-33)62-35-22(49)13(47)5-14(58-35)31(54)55/h5,9,13,15-30,33-36,40-43,47-53H,6-8H2,1-4H3,(H,37,44)(H,38,45)(H,39,46)(H,54,55)(H,56,57)/t9-,13+,15+,16-,17-,18-,19-,20-,21-,22-,23-,24-,25-,26-,27+,28-,29-,30+,33-,34+,35+,36-/m1/s1. The molecule has 3 saturated heterocycles. The first-order valence-electron chi connectivity index (χ1n) is 20.0. The molecule has 0 unspecified atom stereocenters. The van der Waals surface area contributed by atoms with Crippen LogP contribution in [-0.2, 0) is 61.9 Å². The summed E-state index contributed by atoms with van der Waals surface area (Å²) in [7, 11) is 0. The first-order valence-corrected chi connectivity index (χ1v) is 20.0. The summed E-state index contributed by atoms with van der Waals surface area (Å²) in [5, 5.41) is 144. The molecule has 0 saturated carbocycles. The zero-order valence-electron chi connectivity index (χ0n) is 35.0. The van der Waals surface area contributed by atoms with Crippen molar-refractivity contribution in [3.05, 3.63) is 11.8 Å². The Hall–Kier alpha value is -3.83. The maximum atomic E-state index is 12.7. The van der Waals surface area contributed by atoms with E-state index in [1.807, 2.05) is 0 Å². The van der Waals surface area contributed by atoms with Crippen LogP contribution in [0.3, 0.4) is 0 Å². The van der Waals surface area contributed by atoms with Crippen molar-refractivity contribution < 1.29 is 128 Å². The van der Waals surface area contributed by atoms with Crippen LogP contribution in [0.1, 0.15) is 27.7 Å². The summed E-state index contributed by atoms with van der Waals surface area (Å²) >= 11 is 0. The maximum absolute atomic E-state index is 12.7. The van der Waals surface area contributed by atoms with Crippen LogP contribution in [0.5, 0.6) is 0 Å². The Balaban J connectivity index is 1.62. The number of aliphatic hydroxyl groups excluding tert-OH is 11. The van der Waals surface area contributed by atoms with Crippen molar-refractivity contribution in [2.24, 2.45) is 0 Å². The predicted molar refractivity (Wildman–Crippen MR) is 202 cm³/mol. The second-order valence-corrected chi connectivity index (χ2v) is 15.5. The number of rotatable bonds is 19. The van der Waals surface area contributed by atoms with Crippen molar-refractivity contribution in [1.82, 2.24) is 16.0 Å². The number of carbonyl (C=O) groups is 5. The fourth-order valence-corrected chi connectivity index (χ4v) is 7.46. The molecular formula is C36H57N3O26. The van der Waals surface area contributed by atoms with Gasteiger partial charge in [0.1, 0.15) is 91.4 Å². The molecule has 0 aromatic heterocycles. The van der Waals surface area contributed by atoms with Crippen LogP contribution in [0.25, 0.3) is 0 Å². The lowest BCUT2D eigenvalue weighted by Gasteiger charge is -2.49. The van der Waals surface area contributed by atoms with Crippen molar-refractivity contribution >= 4 is 29.7 Å². The summed E-state index contributed by atoms with van der Waals surface area (Å²) in [6.07, 6.45) is -36.8. The lowest BCUT2D eigenvalue weighted by molar-refractivity contribution is -0.367. The fraction of sp³-hybridized carbons (Fsp3) is 0.806. The Kier molecular flexibility index (Phi) is 19.2. The minimum atomic E-state index is -2.38. The Morgan fingerprint density at radius 2 is 1.23 bits per heavy atom. The van der Waals surface area contributed by atoms with E-state index in [1.54, 1.807) is 0 Å². The minimum absolute atomic E-state index is 0.659. The Labute approximate surface area is 367 Å². The van der Waals surface area contributed by atoms with E-state index in [9.17, 15) is 90.4 Å². The van der Waals surface area contributed by atoms with Gasteiger partial charge in [0.25, 0.3) is 0 Å². The first-order chi connectivity index (χ1) is 30.4. The van der Waals surface area contributed by atoms with E-state index in [-0.39, 0.29) is 0 Å². The van der Waals surface area contributed by atoms with E-state index < -0.39 is 190 Å². The van der Waals surface area contributed by atoms with Gasteiger partial charge in [-0.3, -0.25) is 14.4 Å². The Bertz CT molecular complexity index is 1670. The summed E-state index contributed by atoms with van der Waals surface area (Å²) in [5.41, 5.74) is 0. The molecule has 4 rings (SSSR count). The van der Waals surface area contributed by atoms with E-state index in [1.165, 1.54) is 0 Å². The second-order valence-electron chi connectivity index (χ2n) is 15.5. The minimum Gasteiger partial charge on any atom is -0.479 e. The number of aliphatic hydroxyl groups is 11. The summed E-state index contributed by atoms with van der Waals surface area (Å²) in [6.45, 7) is 1.15. The van der Waals surface area contributed by atoms with Gasteiger partial charge in [-0.25, -0.2) is 9.59 Å². The molecule has 0 spiro atoms.